The minimum atomic E-state index is -1.28. The second-order valence-electron chi connectivity index (χ2n) is 6.80. The van der Waals surface area contributed by atoms with Crippen LogP contribution in [0.3, 0.4) is 0 Å². The van der Waals surface area contributed by atoms with Gasteiger partial charge in [-0.1, -0.05) is 28.5 Å². The van der Waals surface area contributed by atoms with E-state index in [0.717, 1.165) is 25.6 Å². The minimum Gasteiger partial charge on any atom is -0.464 e. The van der Waals surface area contributed by atoms with E-state index in [4.69, 9.17) is 40.8 Å². The van der Waals surface area contributed by atoms with Gasteiger partial charge in [0.25, 0.3) is 0 Å². The summed E-state index contributed by atoms with van der Waals surface area (Å²) in [6.07, 6.45) is -2.40. The summed E-state index contributed by atoms with van der Waals surface area (Å²) >= 11 is 6.92. The Morgan fingerprint density at radius 1 is 1.18 bits per heavy atom. The lowest BCUT2D eigenvalue weighted by atomic mass is 9.97. The molecule has 34 heavy (non-hydrogen) atoms. The highest BCUT2D eigenvalue weighted by atomic mass is 35.5. The Kier molecular flexibility index (Phi) is 9.93. The molecule has 0 spiro atoms. The Labute approximate surface area is 203 Å². The number of thioether (sulfide) groups is 1. The lowest BCUT2D eigenvalue weighted by molar-refractivity contribution is -0.201. The van der Waals surface area contributed by atoms with E-state index in [1.54, 1.807) is 0 Å². The van der Waals surface area contributed by atoms with Crippen LogP contribution in [0.15, 0.2) is 22.3 Å². The lowest BCUT2D eigenvalue weighted by Crippen LogP contribution is -2.59. The van der Waals surface area contributed by atoms with E-state index < -0.39 is 53.7 Å². The summed E-state index contributed by atoms with van der Waals surface area (Å²) in [7, 11) is 1.17. The quantitative estimate of drug-likeness (QED) is 0.163. The molecule has 0 aliphatic carbocycles. The molecule has 184 valence electrons. The molecule has 1 fully saturated rings. The number of aromatic nitrogens is 1. The molecule has 3 unspecified atom stereocenters. The average molecular weight is 517 g/mol. The number of hydrogen-bond donors (Lipinski definition) is 0. The molecule has 0 amide bonds. The maximum absolute atomic E-state index is 12.2. The molecule has 0 saturated carbocycles. The van der Waals surface area contributed by atoms with Crippen molar-refractivity contribution in [1.29, 1.82) is 0 Å². The van der Waals surface area contributed by atoms with Crippen LogP contribution in [0.5, 0.6) is 0 Å². The molecule has 13 nitrogen and oxygen atoms in total. The zero-order valence-corrected chi connectivity index (χ0v) is 20.1. The maximum Gasteiger partial charge on any atom is 0.357 e. The van der Waals surface area contributed by atoms with E-state index in [1.165, 1.54) is 26.3 Å². The van der Waals surface area contributed by atoms with Crippen molar-refractivity contribution in [3.8, 4) is 0 Å². The summed E-state index contributed by atoms with van der Waals surface area (Å²) in [6.45, 7) is 3.05. The van der Waals surface area contributed by atoms with Crippen molar-refractivity contribution in [3.05, 3.63) is 33.4 Å². The molecular formula is C19H21ClN4O9S. The van der Waals surface area contributed by atoms with Gasteiger partial charge in [-0.2, -0.15) is 0 Å². The number of pyridine rings is 1. The van der Waals surface area contributed by atoms with Crippen LogP contribution in [0.2, 0.25) is 5.02 Å². The molecule has 15 heteroatoms. The number of hydrogen-bond acceptors (Lipinski definition) is 12. The number of ether oxygens (including phenoxy) is 5. The summed E-state index contributed by atoms with van der Waals surface area (Å²) < 4.78 is 26.4. The van der Waals surface area contributed by atoms with Crippen molar-refractivity contribution in [2.24, 2.45) is 5.11 Å². The summed E-state index contributed by atoms with van der Waals surface area (Å²) in [5.74, 6) is -2.88. The Hall–Kier alpha value is -3.06. The third-order valence-corrected chi connectivity index (χ3v) is 5.68. The van der Waals surface area contributed by atoms with Crippen LogP contribution in [0, 0.1) is 0 Å². The van der Waals surface area contributed by atoms with Crippen LogP contribution in [0.25, 0.3) is 10.4 Å². The van der Waals surface area contributed by atoms with Gasteiger partial charge in [0.15, 0.2) is 5.69 Å². The SMILES string of the molecule is COC(=O)c1ncc(Cl)cc1S[C@H]1OC(COC(C)=O)[C@H](OC(C)=O)C(N=[N+]=[N-])C1OC(C)=O. The number of carbonyl (C=O) groups is 4. The fourth-order valence-electron chi connectivity index (χ4n) is 3.05. The molecule has 0 radical (unpaired) electrons. The van der Waals surface area contributed by atoms with Crippen molar-refractivity contribution in [2.45, 2.75) is 55.5 Å². The van der Waals surface area contributed by atoms with Gasteiger partial charge in [0.2, 0.25) is 0 Å². The number of methoxy groups -OCH3 is 1. The van der Waals surface area contributed by atoms with Crippen LogP contribution in [-0.2, 0) is 38.1 Å². The number of azide groups is 1. The number of rotatable bonds is 8. The molecule has 5 atom stereocenters. The van der Waals surface area contributed by atoms with Crippen LogP contribution < -0.4 is 0 Å². The molecule has 1 aliphatic heterocycles. The highest BCUT2D eigenvalue weighted by molar-refractivity contribution is 8.00. The minimum absolute atomic E-state index is 0.0962. The van der Waals surface area contributed by atoms with Crippen molar-refractivity contribution in [2.75, 3.05) is 13.7 Å². The molecule has 0 bridgehead atoms. The third-order valence-electron chi connectivity index (χ3n) is 4.30. The van der Waals surface area contributed by atoms with E-state index in [1.807, 2.05) is 0 Å². The first kappa shape index (κ1) is 27.2. The fourth-order valence-corrected chi connectivity index (χ4v) is 4.52. The van der Waals surface area contributed by atoms with E-state index >= 15 is 0 Å². The molecule has 1 aromatic heterocycles. The van der Waals surface area contributed by atoms with Crippen molar-refractivity contribution >= 4 is 47.2 Å². The number of nitrogens with zero attached hydrogens (tertiary/aromatic N) is 4. The number of esters is 4. The molecular weight excluding hydrogens is 496 g/mol. The summed E-state index contributed by atoms with van der Waals surface area (Å²) in [4.78, 5) is 54.1. The van der Waals surface area contributed by atoms with Crippen molar-refractivity contribution in [3.63, 3.8) is 0 Å². The second kappa shape index (κ2) is 12.4. The van der Waals surface area contributed by atoms with Gasteiger partial charge in [-0.25, -0.2) is 9.78 Å². The lowest BCUT2D eigenvalue weighted by Gasteiger charge is -2.43. The van der Waals surface area contributed by atoms with Gasteiger partial charge in [0, 0.05) is 36.8 Å². The van der Waals surface area contributed by atoms with Gasteiger partial charge >= 0.3 is 23.9 Å². The van der Waals surface area contributed by atoms with Gasteiger partial charge in [-0.3, -0.25) is 14.4 Å². The van der Waals surface area contributed by atoms with Crippen LogP contribution in [-0.4, -0.2) is 72.4 Å². The zero-order valence-electron chi connectivity index (χ0n) is 18.5. The molecule has 0 N–H and O–H groups in total. The second-order valence-corrected chi connectivity index (χ2v) is 8.38. The fraction of sp³-hybridized carbons (Fsp3) is 0.526. The van der Waals surface area contributed by atoms with Crippen LogP contribution in [0.1, 0.15) is 31.3 Å². The van der Waals surface area contributed by atoms with Crippen LogP contribution in [0.4, 0.5) is 0 Å². The smallest absolute Gasteiger partial charge is 0.357 e. The summed E-state index contributed by atoms with van der Waals surface area (Å²) in [6, 6.07) is 0.153. The van der Waals surface area contributed by atoms with Gasteiger partial charge in [0.1, 0.15) is 36.4 Å². The maximum atomic E-state index is 12.2. The molecule has 0 aromatic carbocycles. The predicted octanol–water partition coefficient (Wildman–Crippen LogP) is 2.44. The van der Waals surface area contributed by atoms with Gasteiger partial charge < -0.3 is 23.7 Å². The summed E-state index contributed by atoms with van der Waals surface area (Å²) in [5.41, 5.74) is 7.92. The Morgan fingerprint density at radius 2 is 1.82 bits per heavy atom. The largest absolute Gasteiger partial charge is 0.464 e. The Bertz CT molecular complexity index is 1000. The molecule has 1 aromatic rings. The summed E-state index contributed by atoms with van der Waals surface area (Å²) in [5, 5.41) is 3.86. The van der Waals surface area contributed by atoms with Gasteiger partial charge in [-0.05, 0) is 11.6 Å². The Balaban J connectivity index is 2.55. The van der Waals surface area contributed by atoms with Crippen molar-refractivity contribution in [1.82, 2.24) is 4.98 Å². The first-order valence-electron chi connectivity index (χ1n) is 9.65. The van der Waals surface area contributed by atoms with E-state index in [9.17, 15) is 19.2 Å². The average Bonchev–Trinajstić information content (AvgIpc) is 2.75. The highest BCUT2D eigenvalue weighted by Gasteiger charge is 2.50. The third kappa shape index (κ3) is 7.22. The molecule has 2 heterocycles. The predicted molar refractivity (Wildman–Crippen MR) is 116 cm³/mol. The monoisotopic (exact) mass is 516 g/mol. The Morgan fingerprint density at radius 3 is 2.38 bits per heavy atom. The normalized spacial score (nSPS) is 23.7. The topological polar surface area (TPSA) is 176 Å². The van der Waals surface area contributed by atoms with E-state index in [2.05, 4.69) is 15.0 Å². The van der Waals surface area contributed by atoms with E-state index in [-0.39, 0.29) is 22.2 Å². The first-order valence-corrected chi connectivity index (χ1v) is 10.9. The van der Waals surface area contributed by atoms with Crippen LogP contribution >= 0.6 is 23.4 Å². The van der Waals surface area contributed by atoms with Gasteiger partial charge in [0.05, 0.1) is 12.1 Å². The van der Waals surface area contributed by atoms with E-state index in [0.29, 0.717) is 0 Å². The number of carbonyl (C=O) groups excluding carboxylic acids is 4. The molecule has 1 saturated heterocycles. The zero-order chi connectivity index (χ0) is 25.4. The first-order chi connectivity index (χ1) is 16.1. The highest BCUT2D eigenvalue weighted by Crippen LogP contribution is 2.39. The molecule has 2 rings (SSSR count). The van der Waals surface area contributed by atoms with Gasteiger partial charge in [-0.15, -0.1) is 0 Å². The number of halogens is 1. The molecule has 1 aliphatic rings. The standard InChI is InChI=1S/C19H21ClN4O9S/c1-8(25)30-7-12-16(31-9(2)26)15(23-24-21)17(32-10(3)27)19(33-12)34-13-5-11(20)6-22-14(13)18(28)29-4/h5-6,12,15-17,19H,7H2,1-4H3/t12?,15?,16-,17?,19+/m0/s1. The van der Waals surface area contributed by atoms with Crippen molar-refractivity contribution < 1.29 is 42.9 Å².